The number of pyridine rings is 2. The molecule has 2 aromatic heterocycles. The summed E-state index contributed by atoms with van der Waals surface area (Å²) in [4.78, 5) is 12.1. The molecule has 0 unspecified atom stereocenters. The Bertz CT molecular complexity index is 1330. The summed E-state index contributed by atoms with van der Waals surface area (Å²) >= 11 is 19.6. The van der Waals surface area contributed by atoms with Gasteiger partial charge in [0, 0.05) is 34.3 Å². The van der Waals surface area contributed by atoms with Crippen LogP contribution in [0.15, 0.2) is 54.7 Å². The smallest absolute Gasteiger partial charge is 0.124 e. The first kappa shape index (κ1) is 22.5. The second-order valence-electron chi connectivity index (χ2n) is 8.45. The summed E-state index contributed by atoms with van der Waals surface area (Å²) in [5, 5.41) is 2.23. The average Bonchev–Trinajstić information content (AvgIpc) is 2.79. The van der Waals surface area contributed by atoms with E-state index in [0.29, 0.717) is 37.8 Å². The third kappa shape index (κ3) is 4.33. The second kappa shape index (κ2) is 9.19. The maximum atomic E-state index is 13.8. The highest BCUT2D eigenvalue weighted by atomic mass is 35.5. The fourth-order valence-corrected chi connectivity index (χ4v) is 5.37. The number of benzene rings is 2. The molecule has 0 bridgehead atoms. The van der Waals surface area contributed by atoms with Gasteiger partial charge in [-0.05, 0) is 81.0 Å². The first-order valence-electron chi connectivity index (χ1n) is 10.8. The van der Waals surface area contributed by atoms with E-state index in [1.54, 1.807) is 30.5 Å². The van der Waals surface area contributed by atoms with E-state index in [9.17, 15) is 4.39 Å². The van der Waals surface area contributed by atoms with Crippen LogP contribution in [-0.2, 0) is 0 Å². The van der Waals surface area contributed by atoms with Crippen molar-refractivity contribution in [2.24, 2.45) is 0 Å². The van der Waals surface area contributed by atoms with Crippen molar-refractivity contribution in [1.82, 2.24) is 14.9 Å². The summed E-state index contributed by atoms with van der Waals surface area (Å²) < 4.78 is 13.8. The van der Waals surface area contributed by atoms with Gasteiger partial charge in [-0.2, -0.15) is 0 Å². The monoisotopic (exact) mass is 499 g/mol. The van der Waals surface area contributed by atoms with Crippen molar-refractivity contribution in [3.05, 3.63) is 81.3 Å². The minimum atomic E-state index is -0.372. The molecule has 0 amide bonds. The largest absolute Gasteiger partial charge is 0.306 e. The lowest BCUT2D eigenvalue weighted by Gasteiger charge is -2.29. The molecule has 0 atom stereocenters. The first-order valence-corrected chi connectivity index (χ1v) is 11.9. The first-order chi connectivity index (χ1) is 15.9. The number of fused-ring (bicyclic) bond motifs is 1. The van der Waals surface area contributed by atoms with Crippen molar-refractivity contribution in [1.29, 1.82) is 0 Å². The summed E-state index contributed by atoms with van der Waals surface area (Å²) in [6.45, 7) is 2.01. The van der Waals surface area contributed by atoms with Crippen molar-refractivity contribution in [3.8, 4) is 22.4 Å². The number of nitrogens with zero attached hydrogens (tertiary/aromatic N) is 3. The van der Waals surface area contributed by atoms with E-state index in [1.165, 1.54) is 12.1 Å². The van der Waals surface area contributed by atoms with Crippen LogP contribution in [0.5, 0.6) is 0 Å². The van der Waals surface area contributed by atoms with Crippen LogP contribution in [0, 0.1) is 5.82 Å². The molecule has 0 radical (unpaired) electrons. The van der Waals surface area contributed by atoms with Gasteiger partial charge in [0.15, 0.2) is 0 Å². The van der Waals surface area contributed by atoms with Crippen molar-refractivity contribution in [2.75, 3.05) is 20.1 Å². The minimum Gasteiger partial charge on any atom is -0.306 e. The Labute approximate surface area is 207 Å². The summed E-state index contributed by atoms with van der Waals surface area (Å²) in [5.74, 6) is -0.0683. The third-order valence-electron chi connectivity index (χ3n) is 6.31. The molecule has 5 rings (SSSR count). The summed E-state index contributed by atoms with van der Waals surface area (Å²) in [5.41, 5.74) is 4.60. The molecule has 0 aliphatic carbocycles. The molecular weight excluding hydrogens is 480 g/mol. The van der Waals surface area contributed by atoms with Gasteiger partial charge in [0.25, 0.3) is 0 Å². The molecule has 7 heteroatoms. The Morgan fingerprint density at radius 3 is 2.33 bits per heavy atom. The van der Waals surface area contributed by atoms with Gasteiger partial charge in [-0.3, -0.25) is 9.97 Å². The van der Waals surface area contributed by atoms with Gasteiger partial charge in [-0.15, -0.1) is 0 Å². The molecule has 3 nitrogen and oxygen atoms in total. The standard InChI is InChI=1S/C26H21Cl3FN3/c1-33-11-8-15(9-12-33)23-14-19(17-6-5-16(30)13-22(17)29)18-7-10-31-26(25(18)32-23)24-20(27)3-2-4-21(24)28/h2-7,10,13-15H,8-9,11-12H2,1H3. The second-order valence-corrected chi connectivity index (χ2v) is 9.67. The zero-order valence-electron chi connectivity index (χ0n) is 18.0. The van der Waals surface area contributed by atoms with Gasteiger partial charge in [0.05, 0.1) is 26.3 Å². The number of piperidine rings is 1. The lowest BCUT2D eigenvalue weighted by Crippen LogP contribution is -2.29. The van der Waals surface area contributed by atoms with E-state index >= 15 is 0 Å². The molecule has 1 aliphatic heterocycles. The normalized spacial score (nSPS) is 15.3. The number of halogens is 4. The lowest BCUT2D eigenvalue weighted by molar-refractivity contribution is 0.253. The van der Waals surface area contributed by atoms with Crippen LogP contribution >= 0.6 is 34.8 Å². The molecule has 1 fully saturated rings. The Balaban J connectivity index is 1.80. The van der Waals surface area contributed by atoms with Crippen LogP contribution in [0.1, 0.15) is 24.5 Å². The molecule has 33 heavy (non-hydrogen) atoms. The molecule has 4 aromatic rings. The van der Waals surface area contributed by atoms with Gasteiger partial charge in [-0.25, -0.2) is 4.39 Å². The predicted molar refractivity (Wildman–Crippen MR) is 135 cm³/mol. The number of hydrogen-bond acceptors (Lipinski definition) is 3. The summed E-state index contributed by atoms with van der Waals surface area (Å²) in [6, 6.07) is 13.9. The highest BCUT2D eigenvalue weighted by Crippen LogP contribution is 2.42. The minimum absolute atomic E-state index is 0.304. The summed E-state index contributed by atoms with van der Waals surface area (Å²) in [6.07, 6.45) is 3.73. The Hall–Kier alpha value is -2.24. The number of aromatic nitrogens is 2. The van der Waals surface area contributed by atoms with Crippen LogP contribution in [0.3, 0.4) is 0 Å². The molecule has 0 saturated carbocycles. The zero-order valence-corrected chi connectivity index (χ0v) is 20.2. The Kier molecular flexibility index (Phi) is 6.28. The SMILES string of the molecule is CN1CCC(c2cc(-c3ccc(F)cc3Cl)c3ccnc(-c4c(Cl)cccc4Cl)c3n2)CC1. The molecule has 0 spiro atoms. The Morgan fingerprint density at radius 2 is 1.64 bits per heavy atom. The van der Waals surface area contributed by atoms with E-state index in [0.717, 1.165) is 48.1 Å². The van der Waals surface area contributed by atoms with Gasteiger partial charge >= 0.3 is 0 Å². The third-order valence-corrected chi connectivity index (χ3v) is 7.25. The maximum absolute atomic E-state index is 13.8. The molecule has 1 saturated heterocycles. The lowest BCUT2D eigenvalue weighted by atomic mass is 9.90. The molecule has 2 aromatic carbocycles. The van der Waals surface area contributed by atoms with Gasteiger partial charge < -0.3 is 4.90 Å². The summed E-state index contributed by atoms with van der Waals surface area (Å²) in [7, 11) is 2.13. The van der Waals surface area contributed by atoms with Gasteiger partial charge in [0.1, 0.15) is 5.82 Å². The van der Waals surface area contributed by atoms with Crippen molar-refractivity contribution in [2.45, 2.75) is 18.8 Å². The average molecular weight is 501 g/mol. The fourth-order valence-electron chi connectivity index (χ4n) is 4.52. The van der Waals surface area contributed by atoms with Crippen LogP contribution in [0.4, 0.5) is 4.39 Å². The van der Waals surface area contributed by atoms with Crippen LogP contribution in [-0.4, -0.2) is 35.0 Å². The Morgan fingerprint density at radius 1 is 0.909 bits per heavy atom. The van der Waals surface area contributed by atoms with E-state index in [1.807, 2.05) is 6.07 Å². The highest BCUT2D eigenvalue weighted by Gasteiger charge is 2.24. The van der Waals surface area contributed by atoms with Crippen LogP contribution in [0.2, 0.25) is 15.1 Å². The number of likely N-dealkylation sites (tertiary alicyclic amines) is 1. The molecule has 1 aliphatic rings. The fraction of sp³-hybridized carbons (Fsp3) is 0.231. The van der Waals surface area contributed by atoms with Crippen molar-refractivity contribution >= 4 is 45.7 Å². The predicted octanol–water partition coefficient (Wildman–Crippen LogP) is 7.87. The zero-order chi connectivity index (χ0) is 23.1. The van der Waals surface area contributed by atoms with Crippen LogP contribution in [0.25, 0.3) is 33.3 Å². The van der Waals surface area contributed by atoms with E-state index < -0.39 is 0 Å². The van der Waals surface area contributed by atoms with E-state index in [4.69, 9.17) is 39.8 Å². The molecule has 0 N–H and O–H groups in total. The topological polar surface area (TPSA) is 29.0 Å². The maximum Gasteiger partial charge on any atom is 0.124 e. The quantitative estimate of drug-likeness (QED) is 0.286. The molecule has 168 valence electrons. The van der Waals surface area contributed by atoms with Crippen molar-refractivity contribution in [3.63, 3.8) is 0 Å². The molecular formula is C26H21Cl3FN3. The van der Waals surface area contributed by atoms with E-state index in [2.05, 4.69) is 23.0 Å². The number of rotatable bonds is 3. The highest BCUT2D eigenvalue weighted by molar-refractivity contribution is 6.39. The van der Waals surface area contributed by atoms with E-state index in [-0.39, 0.29) is 5.82 Å². The van der Waals surface area contributed by atoms with Crippen molar-refractivity contribution < 1.29 is 4.39 Å². The van der Waals surface area contributed by atoms with Gasteiger partial charge in [-0.1, -0.05) is 40.9 Å². The molecule has 3 heterocycles. The number of hydrogen-bond donors (Lipinski definition) is 0. The van der Waals surface area contributed by atoms with Crippen LogP contribution < -0.4 is 0 Å². The van der Waals surface area contributed by atoms with Gasteiger partial charge in [0.2, 0.25) is 0 Å².